The van der Waals surface area contributed by atoms with Crippen LogP contribution in [-0.2, 0) is 9.53 Å². The van der Waals surface area contributed by atoms with Crippen LogP contribution in [0.2, 0.25) is 0 Å². The predicted molar refractivity (Wildman–Crippen MR) is 56.7 cm³/mol. The number of carbonyl (C=O) groups is 2. The second-order valence-corrected chi connectivity index (χ2v) is 4.03. The Balaban J connectivity index is 2.70. The molecule has 7 nitrogen and oxygen atoms in total. The van der Waals surface area contributed by atoms with Gasteiger partial charge in [-0.15, -0.1) is 11.3 Å². The minimum Gasteiger partial charge on any atom is -0.476 e. The number of carboxylic acid groups (broad SMARTS) is 1. The van der Waals surface area contributed by atoms with E-state index in [2.05, 4.69) is 9.72 Å². The predicted octanol–water partition coefficient (Wildman–Crippen LogP) is -0.201. The molecule has 0 spiro atoms. The molecule has 0 aliphatic rings. The summed E-state index contributed by atoms with van der Waals surface area (Å²) in [4.78, 5) is 25.0. The number of thiazole rings is 1. The number of aromatic nitrogens is 1. The fraction of sp³-hybridized carbons (Fsp3) is 0.444. The molecule has 1 aromatic heterocycles. The Kier molecular flexibility index (Phi) is 4.55. The van der Waals surface area contributed by atoms with E-state index >= 15 is 0 Å². The van der Waals surface area contributed by atoms with Crippen molar-refractivity contribution in [1.29, 1.82) is 0 Å². The monoisotopic (exact) mass is 261 g/mol. The molecule has 0 saturated carbocycles. The molecule has 1 heterocycles. The summed E-state index contributed by atoms with van der Waals surface area (Å²) in [5.74, 6) is -1.89. The van der Waals surface area contributed by atoms with Gasteiger partial charge in [0.1, 0.15) is 6.10 Å². The Morgan fingerprint density at radius 3 is 2.65 bits per heavy atom. The lowest BCUT2D eigenvalue weighted by atomic mass is 10.1. The number of hydrogen-bond donors (Lipinski definition) is 3. The number of nitrogens with zero attached hydrogens (tertiary/aromatic N) is 1. The van der Waals surface area contributed by atoms with Crippen molar-refractivity contribution in [2.75, 3.05) is 7.11 Å². The number of rotatable bonds is 5. The molecular weight excluding hydrogens is 250 g/mol. The highest BCUT2D eigenvalue weighted by atomic mass is 32.1. The molecular formula is C9H11NO6S. The van der Waals surface area contributed by atoms with Crippen LogP contribution in [0.15, 0.2) is 5.38 Å². The van der Waals surface area contributed by atoms with Crippen LogP contribution in [0.4, 0.5) is 0 Å². The summed E-state index contributed by atoms with van der Waals surface area (Å²) in [6, 6.07) is 0. The lowest BCUT2D eigenvalue weighted by molar-refractivity contribution is -0.144. The maximum absolute atomic E-state index is 10.9. The first-order valence-corrected chi connectivity index (χ1v) is 5.45. The first-order chi connectivity index (χ1) is 7.95. The molecule has 0 aliphatic heterocycles. The zero-order valence-electron chi connectivity index (χ0n) is 8.86. The minimum atomic E-state index is -1.42. The number of hydrogen-bond acceptors (Lipinski definition) is 7. The van der Waals surface area contributed by atoms with E-state index in [0.717, 1.165) is 18.4 Å². The molecule has 0 saturated heterocycles. The first kappa shape index (κ1) is 13.6. The summed E-state index contributed by atoms with van der Waals surface area (Å²) < 4.78 is 4.33. The number of carbonyl (C=O) groups excluding carboxylic acids is 1. The second kappa shape index (κ2) is 5.71. The van der Waals surface area contributed by atoms with Gasteiger partial charge in [0.15, 0.2) is 0 Å². The van der Waals surface area contributed by atoms with Crippen molar-refractivity contribution in [3.8, 4) is 0 Å². The fourth-order valence-corrected chi connectivity index (χ4v) is 1.77. The minimum absolute atomic E-state index is 0.0174. The molecule has 0 amide bonds. The third-order valence-electron chi connectivity index (χ3n) is 1.98. The Bertz CT molecular complexity index is 417. The lowest BCUT2D eigenvalue weighted by Crippen LogP contribution is -2.23. The topological polar surface area (TPSA) is 117 Å². The van der Waals surface area contributed by atoms with Gasteiger partial charge in [0.05, 0.1) is 25.3 Å². The van der Waals surface area contributed by atoms with Crippen molar-refractivity contribution in [2.24, 2.45) is 0 Å². The van der Waals surface area contributed by atoms with Gasteiger partial charge in [-0.05, 0) is 0 Å². The molecule has 17 heavy (non-hydrogen) atoms. The highest BCUT2D eigenvalue weighted by Gasteiger charge is 2.24. The van der Waals surface area contributed by atoms with E-state index in [0.29, 0.717) is 0 Å². The number of esters is 1. The van der Waals surface area contributed by atoms with Gasteiger partial charge in [0.2, 0.25) is 5.01 Å². The maximum atomic E-state index is 10.9. The largest absolute Gasteiger partial charge is 0.476 e. The molecule has 0 bridgehead atoms. The molecule has 0 radical (unpaired) electrons. The van der Waals surface area contributed by atoms with E-state index in [1.54, 1.807) is 0 Å². The van der Waals surface area contributed by atoms with Gasteiger partial charge in [-0.1, -0.05) is 0 Å². The molecule has 1 aromatic rings. The second-order valence-electron chi connectivity index (χ2n) is 3.18. The molecule has 2 unspecified atom stereocenters. The van der Waals surface area contributed by atoms with Crippen LogP contribution < -0.4 is 0 Å². The molecule has 0 aromatic carbocycles. The van der Waals surface area contributed by atoms with Crippen molar-refractivity contribution in [1.82, 2.24) is 4.98 Å². The summed E-state index contributed by atoms with van der Waals surface area (Å²) >= 11 is 0.830. The highest BCUT2D eigenvalue weighted by Crippen LogP contribution is 2.21. The lowest BCUT2D eigenvalue weighted by Gasteiger charge is -2.14. The smallest absolute Gasteiger partial charge is 0.365 e. The fourth-order valence-electron chi connectivity index (χ4n) is 1.08. The van der Waals surface area contributed by atoms with Crippen LogP contribution in [0.25, 0.3) is 0 Å². The summed E-state index contributed by atoms with van der Waals surface area (Å²) in [6.07, 6.45) is -3.19. The molecule has 1 rings (SSSR count). The van der Waals surface area contributed by atoms with E-state index in [1.807, 2.05) is 0 Å². The first-order valence-electron chi connectivity index (χ1n) is 4.57. The van der Waals surface area contributed by atoms with E-state index in [-0.39, 0.29) is 10.7 Å². The van der Waals surface area contributed by atoms with Crippen LogP contribution in [0.3, 0.4) is 0 Å². The molecule has 0 aliphatic carbocycles. The number of methoxy groups -OCH3 is 1. The van der Waals surface area contributed by atoms with Gasteiger partial charge >= 0.3 is 11.9 Å². The molecule has 8 heteroatoms. The van der Waals surface area contributed by atoms with E-state index in [9.17, 15) is 19.8 Å². The third kappa shape index (κ3) is 3.48. The van der Waals surface area contributed by atoms with E-state index in [4.69, 9.17) is 5.11 Å². The van der Waals surface area contributed by atoms with Gasteiger partial charge in [0, 0.05) is 5.38 Å². The van der Waals surface area contributed by atoms with Crippen molar-refractivity contribution in [3.05, 3.63) is 16.1 Å². The normalized spacial score (nSPS) is 14.1. The van der Waals surface area contributed by atoms with Crippen molar-refractivity contribution < 1.29 is 29.6 Å². The number of carboxylic acids is 1. The number of aliphatic hydroxyl groups is 2. The number of aromatic carboxylic acids is 1. The quantitative estimate of drug-likeness (QED) is 0.628. The highest BCUT2D eigenvalue weighted by molar-refractivity contribution is 7.11. The molecule has 94 valence electrons. The zero-order valence-corrected chi connectivity index (χ0v) is 9.68. The van der Waals surface area contributed by atoms with Gasteiger partial charge in [0.25, 0.3) is 0 Å². The summed E-state index contributed by atoms with van der Waals surface area (Å²) in [6.45, 7) is 0. The van der Waals surface area contributed by atoms with Crippen LogP contribution in [0.1, 0.15) is 28.0 Å². The summed E-state index contributed by atoms with van der Waals surface area (Å²) in [5, 5.41) is 28.9. The van der Waals surface area contributed by atoms with Crippen LogP contribution >= 0.6 is 11.3 Å². The van der Waals surface area contributed by atoms with Crippen LogP contribution in [-0.4, -0.2) is 45.5 Å². The maximum Gasteiger partial charge on any atom is 0.365 e. The summed E-state index contributed by atoms with van der Waals surface area (Å²) in [5.41, 5.74) is 0.0174. The SMILES string of the molecule is COC(=O)CC(O)C(O)c1csc(C(=O)O)n1. The van der Waals surface area contributed by atoms with Gasteiger partial charge in [-0.2, -0.15) is 0 Å². The average Bonchev–Trinajstić information content (AvgIpc) is 2.77. The Hall–Kier alpha value is -1.51. The molecule has 2 atom stereocenters. The van der Waals surface area contributed by atoms with Gasteiger partial charge in [-0.3, -0.25) is 4.79 Å². The summed E-state index contributed by atoms with van der Waals surface area (Å²) in [7, 11) is 1.16. The Morgan fingerprint density at radius 2 is 2.18 bits per heavy atom. The van der Waals surface area contributed by atoms with Crippen molar-refractivity contribution >= 4 is 23.3 Å². The van der Waals surface area contributed by atoms with Crippen LogP contribution in [0.5, 0.6) is 0 Å². The Labute approximate surface area is 100 Å². The van der Waals surface area contributed by atoms with E-state index < -0.39 is 30.6 Å². The zero-order chi connectivity index (χ0) is 13.0. The van der Waals surface area contributed by atoms with Crippen molar-refractivity contribution in [3.63, 3.8) is 0 Å². The number of ether oxygens (including phenoxy) is 1. The van der Waals surface area contributed by atoms with E-state index in [1.165, 1.54) is 5.38 Å². The Morgan fingerprint density at radius 1 is 1.53 bits per heavy atom. The average molecular weight is 261 g/mol. The molecule has 0 fully saturated rings. The van der Waals surface area contributed by atoms with Gasteiger partial charge < -0.3 is 20.1 Å². The van der Waals surface area contributed by atoms with Crippen LogP contribution in [0, 0.1) is 0 Å². The van der Waals surface area contributed by atoms with Gasteiger partial charge in [-0.25, -0.2) is 9.78 Å². The van der Waals surface area contributed by atoms with Crippen molar-refractivity contribution in [2.45, 2.75) is 18.6 Å². The molecule has 3 N–H and O–H groups in total. The standard InChI is InChI=1S/C9H11NO6S/c1-16-6(12)2-5(11)7(13)4-3-17-8(10-4)9(14)15/h3,5,7,11,13H,2H2,1H3,(H,14,15). The third-order valence-corrected chi connectivity index (χ3v) is 2.82. The number of aliphatic hydroxyl groups excluding tert-OH is 2.